The number of rotatable bonds is 6. The SMILES string of the molecule is CCc1ccc(C(C)[C@H]2CCC(C)(C)[C@H](OC)[C@H]2Cn2cncn2)cc1. The molecule has 1 unspecified atom stereocenters. The second-order valence-corrected chi connectivity index (χ2v) is 8.51. The van der Waals surface area contributed by atoms with Gasteiger partial charge in [-0.2, -0.15) is 5.10 Å². The second kappa shape index (κ2) is 7.91. The molecule has 142 valence electrons. The topological polar surface area (TPSA) is 39.9 Å². The molecule has 4 heteroatoms. The fourth-order valence-electron chi connectivity index (χ4n) is 4.89. The number of nitrogens with zero attached hydrogens (tertiary/aromatic N) is 3. The zero-order valence-electron chi connectivity index (χ0n) is 16.9. The first-order valence-electron chi connectivity index (χ1n) is 9.90. The first-order valence-corrected chi connectivity index (χ1v) is 9.90. The zero-order chi connectivity index (χ0) is 18.7. The molecule has 0 N–H and O–H groups in total. The van der Waals surface area contributed by atoms with Gasteiger partial charge >= 0.3 is 0 Å². The van der Waals surface area contributed by atoms with Gasteiger partial charge in [0.2, 0.25) is 0 Å². The minimum atomic E-state index is 0.183. The highest BCUT2D eigenvalue weighted by molar-refractivity contribution is 5.26. The summed E-state index contributed by atoms with van der Waals surface area (Å²) in [5.41, 5.74) is 3.02. The van der Waals surface area contributed by atoms with Crippen LogP contribution in [0.2, 0.25) is 0 Å². The van der Waals surface area contributed by atoms with Gasteiger partial charge in [-0.05, 0) is 47.6 Å². The molecule has 4 nitrogen and oxygen atoms in total. The third kappa shape index (κ3) is 3.85. The smallest absolute Gasteiger partial charge is 0.137 e. The highest BCUT2D eigenvalue weighted by Crippen LogP contribution is 2.48. The number of hydrogen-bond acceptors (Lipinski definition) is 3. The highest BCUT2D eigenvalue weighted by Gasteiger charge is 2.46. The predicted molar refractivity (Wildman–Crippen MR) is 105 cm³/mol. The van der Waals surface area contributed by atoms with E-state index in [9.17, 15) is 0 Å². The molecule has 4 atom stereocenters. The lowest BCUT2D eigenvalue weighted by molar-refractivity contribution is -0.0952. The van der Waals surface area contributed by atoms with Crippen molar-refractivity contribution in [1.29, 1.82) is 0 Å². The molecule has 1 fully saturated rings. The number of hydrogen-bond donors (Lipinski definition) is 0. The van der Waals surface area contributed by atoms with E-state index in [0.29, 0.717) is 17.8 Å². The van der Waals surface area contributed by atoms with Gasteiger partial charge in [-0.3, -0.25) is 4.68 Å². The van der Waals surface area contributed by atoms with Crippen LogP contribution in [0.4, 0.5) is 0 Å². The summed E-state index contributed by atoms with van der Waals surface area (Å²) in [6.07, 6.45) is 7.18. The van der Waals surface area contributed by atoms with Gasteiger partial charge in [0.05, 0.1) is 6.10 Å². The van der Waals surface area contributed by atoms with Crippen LogP contribution in [0.3, 0.4) is 0 Å². The molecule has 1 aliphatic carbocycles. The van der Waals surface area contributed by atoms with Crippen molar-refractivity contribution in [3.05, 3.63) is 48.0 Å². The largest absolute Gasteiger partial charge is 0.381 e. The van der Waals surface area contributed by atoms with E-state index < -0.39 is 0 Å². The fourth-order valence-corrected chi connectivity index (χ4v) is 4.89. The van der Waals surface area contributed by atoms with Crippen LogP contribution < -0.4 is 0 Å². The van der Waals surface area contributed by atoms with Gasteiger partial charge in [-0.15, -0.1) is 0 Å². The molecule has 1 heterocycles. The Morgan fingerprint density at radius 2 is 2.00 bits per heavy atom. The van der Waals surface area contributed by atoms with Gasteiger partial charge in [0, 0.05) is 19.6 Å². The molecule has 3 rings (SSSR count). The monoisotopic (exact) mass is 355 g/mol. The molecule has 26 heavy (non-hydrogen) atoms. The molecule has 2 aromatic rings. The van der Waals surface area contributed by atoms with Gasteiger partial charge in [-0.1, -0.05) is 52.0 Å². The summed E-state index contributed by atoms with van der Waals surface area (Å²) in [4.78, 5) is 4.13. The zero-order valence-corrected chi connectivity index (χ0v) is 16.9. The molecule has 1 saturated carbocycles. The first kappa shape index (κ1) is 19.1. The molecule has 0 radical (unpaired) electrons. The minimum Gasteiger partial charge on any atom is -0.381 e. The van der Waals surface area contributed by atoms with Crippen molar-refractivity contribution in [1.82, 2.24) is 14.8 Å². The van der Waals surface area contributed by atoms with E-state index in [2.05, 4.69) is 62.0 Å². The quantitative estimate of drug-likeness (QED) is 0.753. The molecule has 0 spiro atoms. The van der Waals surface area contributed by atoms with E-state index in [1.165, 1.54) is 24.0 Å². The molecule has 0 bridgehead atoms. The van der Waals surface area contributed by atoms with Crippen LogP contribution in [0, 0.1) is 17.3 Å². The van der Waals surface area contributed by atoms with Crippen molar-refractivity contribution in [2.75, 3.05) is 7.11 Å². The molecular weight excluding hydrogens is 322 g/mol. The Hall–Kier alpha value is -1.68. The third-order valence-corrected chi connectivity index (χ3v) is 6.51. The van der Waals surface area contributed by atoms with Crippen molar-refractivity contribution >= 4 is 0 Å². The van der Waals surface area contributed by atoms with Crippen molar-refractivity contribution in [2.45, 2.75) is 65.5 Å². The van der Waals surface area contributed by atoms with E-state index >= 15 is 0 Å². The summed E-state index contributed by atoms with van der Waals surface area (Å²) < 4.78 is 8.03. The maximum Gasteiger partial charge on any atom is 0.137 e. The molecule has 0 amide bonds. The Balaban J connectivity index is 1.88. The number of benzene rings is 1. The summed E-state index contributed by atoms with van der Waals surface area (Å²) >= 11 is 0. The molecule has 1 aromatic carbocycles. The summed E-state index contributed by atoms with van der Waals surface area (Å²) in [5.74, 6) is 1.50. The van der Waals surface area contributed by atoms with Gasteiger partial charge in [0.1, 0.15) is 12.7 Å². The van der Waals surface area contributed by atoms with E-state index in [-0.39, 0.29) is 11.5 Å². The summed E-state index contributed by atoms with van der Waals surface area (Å²) in [7, 11) is 1.86. The lowest BCUT2D eigenvalue weighted by Crippen LogP contribution is -2.48. The van der Waals surface area contributed by atoms with Crippen molar-refractivity contribution in [3.8, 4) is 0 Å². The minimum absolute atomic E-state index is 0.183. The van der Waals surface area contributed by atoms with Gasteiger partial charge < -0.3 is 4.74 Å². The average Bonchev–Trinajstić information content (AvgIpc) is 3.14. The second-order valence-electron chi connectivity index (χ2n) is 8.51. The average molecular weight is 356 g/mol. The Labute approximate surface area is 158 Å². The van der Waals surface area contributed by atoms with Crippen LogP contribution >= 0.6 is 0 Å². The lowest BCUT2D eigenvalue weighted by Gasteiger charge is -2.49. The Morgan fingerprint density at radius 3 is 2.58 bits per heavy atom. The van der Waals surface area contributed by atoms with Crippen LogP contribution in [-0.4, -0.2) is 28.0 Å². The number of ether oxygens (including phenoxy) is 1. The van der Waals surface area contributed by atoms with Crippen molar-refractivity contribution in [3.63, 3.8) is 0 Å². The van der Waals surface area contributed by atoms with E-state index in [1.54, 1.807) is 6.33 Å². The third-order valence-electron chi connectivity index (χ3n) is 6.51. The van der Waals surface area contributed by atoms with E-state index in [1.807, 2.05) is 18.1 Å². The van der Waals surface area contributed by atoms with Crippen molar-refractivity contribution in [2.24, 2.45) is 17.3 Å². The van der Waals surface area contributed by atoms with Gasteiger partial charge in [-0.25, -0.2) is 4.98 Å². The fraction of sp³-hybridized carbons (Fsp3) is 0.636. The van der Waals surface area contributed by atoms with Crippen LogP contribution in [0.15, 0.2) is 36.9 Å². The first-order chi connectivity index (χ1) is 12.5. The number of aromatic nitrogens is 3. The van der Waals surface area contributed by atoms with E-state index in [0.717, 1.165) is 13.0 Å². The maximum atomic E-state index is 6.06. The lowest BCUT2D eigenvalue weighted by atomic mass is 9.61. The number of methoxy groups -OCH3 is 1. The molecular formula is C22H33N3O. The summed E-state index contributed by atoms with van der Waals surface area (Å²) in [5, 5.41) is 4.37. The normalized spacial score (nSPS) is 26.6. The Morgan fingerprint density at radius 1 is 1.27 bits per heavy atom. The van der Waals surface area contributed by atoms with E-state index in [4.69, 9.17) is 4.74 Å². The Kier molecular flexibility index (Phi) is 5.81. The van der Waals surface area contributed by atoms with Crippen LogP contribution in [0.1, 0.15) is 57.6 Å². The van der Waals surface area contributed by atoms with Crippen LogP contribution in [0.5, 0.6) is 0 Å². The summed E-state index contributed by atoms with van der Waals surface area (Å²) in [6, 6.07) is 9.19. The highest BCUT2D eigenvalue weighted by atomic mass is 16.5. The predicted octanol–water partition coefficient (Wildman–Crippen LogP) is 4.71. The molecule has 0 aliphatic heterocycles. The van der Waals surface area contributed by atoms with Crippen LogP contribution in [-0.2, 0) is 17.7 Å². The van der Waals surface area contributed by atoms with Gasteiger partial charge in [0.15, 0.2) is 0 Å². The van der Waals surface area contributed by atoms with Crippen molar-refractivity contribution < 1.29 is 4.74 Å². The maximum absolute atomic E-state index is 6.06. The number of aryl methyl sites for hydroxylation is 1. The molecule has 1 aromatic heterocycles. The molecule has 0 saturated heterocycles. The van der Waals surface area contributed by atoms with Gasteiger partial charge in [0.25, 0.3) is 0 Å². The standard InChI is InChI=1S/C22H33N3O/c1-6-17-7-9-18(10-8-17)16(2)19-11-12-22(3,4)21(26-5)20(19)13-25-15-23-14-24-25/h7-10,14-16,19-21H,6,11-13H2,1-5H3/t16?,19-,20+,21-/m1/s1. The van der Waals surface area contributed by atoms with Crippen LogP contribution in [0.25, 0.3) is 0 Å². The Bertz CT molecular complexity index is 678. The summed E-state index contributed by atoms with van der Waals surface area (Å²) in [6.45, 7) is 10.1. The molecule has 1 aliphatic rings.